The summed E-state index contributed by atoms with van der Waals surface area (Å²) < 4.78 is 45.7. The molecule has 1 aromatic carbocycles. The normalized spacial score (nSPS) is 18.2. The lowest BCUT2D eigenvalue weighted by molar-refractivity contribution is -0.274. The van der Waals surface area contributed by atoms with Crippen molar-refractivity contribution >= 4 is 12.4 Å². The van der Waals surface area contributed by atoms with E-state index in [0.29, 0.717) is 5.56 Å². The highest BCUT2D eigenvalue weighted by Crippen LogP contribution is 2.37. The lowest BCUT2D eigenvalue weighted by Crippen LogP contribution is -2.32. The number of hydrogen-bond donors (Lipinski definition) is 2. The molecule has 0 aromatic heterocycles. The van der Waals surface area contributed by atoms with Gasteiger partial charge < -0.3 is 20.3 Å². The molecule has 0 heterocycles. The van der Waals surface area contributed by atoms with Crippen LogP contribution in [0.2, 0.25) is 0 Å². The van der Waals surface area contributed by atoms with Crippen molar-refractivity contribution in [1.82, 2.24) is 0 Å². The van der Waals surface area contributed by atoms with Gasteiger partial charge in [-0.25, -0.2) is 0 Å². The predicted molar refractivity (Wildman–Crippen MR) is 81.8 cm³/mol. The minimum absolute atomic E-state index is 0. The zero-order valence-electron chi connectivity index (χ0n) is 12.7. The summed E-state index contributed by atoms with van der Waals surface area (Å²) in [5, 5.41) is 10.4. The van der Waals surface area contributed by atoms with Gasteiger partial charge >= 0.3 is 6.36 Å². The van der Waals surface area contributed by atoms with E-state index in [0.717, 1.165) is 31.7 Å². The fraction of sp³-hybridized carbons (Fsp3) is 0.600. The summed E-state index contributed by atoms with van der Waals surface area (Å²) in [6.07, 6.45) is -1.57. The minimum Gasteiger partial charge on any atom is -0.496 e. The zero-order valence-corrected chi connectivity index (χ0v) is 13.5. The molecule has 0 amide bonds. The Morgan fingerprint density at radius 2 is 1.87 bits per heavy atom. The highest BCUT2D eigenvalue weighted by molar-refractivity contribution is 5.85. The molecule has 2 rings (SSSR count). The minimum atomic E-state index is -4.77. The molecule has 1 saturated carbocycles. The van der Waals surface area contributed by atoms with Gasteiger partial charge in [0.15, 0.2) is 0 Å². The smallest absolute Gasteiger partial charge is 0.496 e. The topological polar surface area (TPSA) is 64.7 Å². The van der Waals surface area contributed by atoms with E-state index in [1.165, 1.54) is 19.2 Å². The third kappa shape index (κ3) is 5.16. The first-order valence-corrected chi connectivity index (χ1v) is 7.19. The van der Waals surface area contributed by atoms with Crippen molar-refractivity contribution in [3.63, 3.8) is 0 Å². The number of aliphatic hydroxyl groups is 1. The second-order valence-corrected chi connectivity index (χ2v) is 5.51. The fourth-order valence-electron chi connectivity index (χ4n) is 2.94. The van der Waals surface area contributed by atoms with Crippen LogP contribution in [0.3, 0.4) is 0 Å². The number of hydrogen-bond acceptors (Lipinski definition) is 4. The number of aliphatic hydroxyl groups excluding tert-OH is 1. The molecule has 1 aliphatic carbocycles. The molecule has 0 aliphatic heterocycles. The van der Waals surface area contributed by atoms with Gasteiger partial charge in [0.2, 0.25) is 0 Å². The third-order valence-corrected chi connectivity index (χ3v) is 4.05. The molecule has 0 radical (unpaired) electrons. The van der Waals surface area contributed by atoms with Crippen molar-refractivity contribution in [3.8, 4) is 11.5 Å². The number of rotatable bonds is 5. The van der Waals surface area contributed by atoms with Crippen LogP contribution in [-0.4, -0.2) is 24.7 Å². The number of benzene rings is 1. The van der Waals surface area contributed by atoms with E-state index in [2.05, 4.69) is 4.74 Å². The van der Waals surface area contributed by atoms with E-state index in [1.54, 1.807) is 0 Å². The molecule has 0 unspecified atom stereocenters. The Labute approximate surface area is 139 Å². The van der Waals surface area contributed by atoms with Crippen LogP contribution in [0.1, 0.15) is 37.3 Å². The molecule has 4 nitrogen and oxygen atoms in total. The van der Waals surface area contributed by atoms with Crippen LogP contribution in [0.25, 0.3) is 0 Å². The van der Waals surface area contributed by atoms with Crippen LogP contribution in [0, 0.1) is 5.92 Å². The van der Waals surface area contributed by atoms with Gasteiger partial charge in [0.25, 0.3) is 0 Å². The average molecular weight is 356 g/mol. The fourth-order valence-corrected chi connectivity index (χ4v) is 2.94. The zero-order chi connectivity index (χ0) is 16.3. The summed E-state index contributed by atoms with van der Waals surface area (Å²) in [6.45, 7) is 0. The number of methoxy groups -OCH3 is 1. The SMILES string of the molecule is COc1cc(OC(F)(F)F)ccc1[C@@H](N)[C@@H](O)C1CCCC1.Cl. The van der Waals surface area contributed by atoms with E-state index in [9.17, 15) is 18.3 Å². The molecule has 0 bridgehead atoms. The first kappa shape index (κ1) is 19.9. The Hall–Kier alpha value is -1.18. The van der Waals surface area contributed by atoms with Crippen LogP contribution in [0.4, 0.5) is 13.2 Å². The summed E-state index contributed by atoms with van der Waals surface area (Å²) >= 11 is 0. The summed E-state index contributed by atoms with van der Waals surface area (Å²) in [7, 11) is 1.34. The van der Waals surface area contributed by atoms with Gasteiger partial charge in [-0.15, -0.1) is 25.6 Å². The van der Waals surface area contributed by atoms with Gasteiger partial charge in [0.1, 0.15) is 11.5 Å². The maximum atomic E-state index is 12.2. The van der Waals surface area contributed by atoms with E-state index in [-0.39, 0.29) is 29.8 Å². The number of nitrogens with two attached hydrogens (primary N) is 1. The third-order valence-electron chi connectivity index (χ3n) is 4.05. The van der Waals surface area contributed by atoms with Gasteiger partial charge in [-0.1, -0.05) is 12.8 Å². The number of alkyl halides is 3. The van der Waals surface area contributed by atoms with Crippen molar-refractivity contribution < 1.29 is 27.8 Å². The van der Waals surface area contributed by atoms with Crippen LogP contribution < -0.4 is 15.2 Å². The van der Waals surface area contributed by atoms with Gasteiger partial charge in [-0.3, -0.25) is 0 Å². The molecule has 3 N–H and O–H groups in total. The molecule has 132 valence electrons. The van der Waals surface area contributed by atoms with Crippen LogP contribution in [0.5, 0.6) is 11.5 Å². The molecular weight excluding hydrogens is 335 g/mol. The van der Waals surface area contributed by atoms with Gasteiger partial charge in [-0.2, -0.15) is 0 Å². The highest BCUT2D eigenvalue weighted by atomic mass is 35.5. The maximum Gasteiger partial charge on any atom is 0.573 e. The van der Waals surface area contributed by atoms with E-state index in [1.807, 2.05) is 0 Å². The molecule has 1 aliphatic rings. The van der Waals surface area contributed by atoms with E-state index in [4.69, 9.17) is 10.5 Å². The van der Waals surface area contributed by atoms with Crippen LogP contribution >= 0.6 is 12.4 Å². The summed E-state index contributed by atoms with van der Waals surface area (Å²) in [4.78, 5) is 0. The standard InChI is InChI=1S/C15H20F3NO3.ClH/c1-21-12-8-10(22-15(16,17)18)6-7-11(12)13(19)14(20)9-4-2-3-5-9;/h6-9,13-14,20H,2-5,19H2,1H3;1H/t13-,14+;/m1./s1. The molecular formula is C15H21ClF3NO3. The van der Waals surface area contributed by atoms with Crippen molar-refractivity contribution in [1.29, 1.82) is 0 Å². The van der Waals surface area contributed by atoms with Crippen molar-refractivity contribution in [2.24, 2.45) is 11.7 Å². The summed E-state index contributed by atoms with van der Waals surface area (Å²) in [5.74, 6) is -0.0900. The molecule has 0 spiro atoms. The molecule has 8 heteroatoms. The second-order valence-electron chi connectivity index (χ2n) is 5.51. The Kier molecular flexibility index (Phi) is 6.98. The first-order chi connectivity index (χ1) is 10.3. The van der Waals surface area contributed by atoms with Gasteiger partial charge in [0.05, 0.1) is 19.3 Å². The van der Waals surface area contributed by atoms with Crippen molar-refractivity contribution in [2.75, 3.05) is 7.11 Å². The Morgan fingerprint density at radius 3 is 2.39 bits per heavy atom. The number of ether oxygens (including phenoxy) is 2. The van der Waals surface area contributed by atoms with Gasteiger partial charge in [0, 0.05) is 11.6 Å². The van der Waals surface area contributed by atoms with Gasteiger partial charge in [-0.05, 0) is 30.9 Å². The summed E-state index contributed by atoms with van der Waals surface area (Å²) in [5.41, 5.74) is 6.55. The Morgan fingerprint density at radius 1 is 1.26 bits per heavy atom. The molecule has 2 atom stereocenters. The molecule has 1 aromatic rings. The largest absolute Gasteiger partial charge is 0.573 e. The Balaban J connectivity index is 0.00000264. The van der Waals surface area contributed by atoms with Crippen molar-refractivity contribution in [2.45, 2.75) is 44.2 Å². The predicted octanol–water partition coefficient (Wildman–Crippen LogP) is 3.57. The van der Waals surface area contributed by atoms with Crippen molar-refractivity contribution in [3.05, 3.63) is 23.8 Å². The monoisotopic (exact) mass is 355 g/mol. The second kappa shape index (κ2) is 8.08. The quantitative estimate of drug-likeness (QED) is 0.847. The van der Waals surface area contributed by atoms with E-state index < -0.39 is 18.5 Å². The lowest BCUT2D eigenvalue weighted by atomic mass is 9.90. The van der Waals surface area contributed by atoms with E-state index >= 15 is 0 Å². The Bertz CT molecular complexity index is 507. The van der Waals surface area contributed by atoms with Crippen LogP contribution in [-0.2, 0) is 0 Å². The molecule has 1 fully saturated rings. The highest BCUT2D eigenvalue weighted by Gasteiger charge is 2.33. The average Bonchev–Trinajstić information content (AvgIpc) is 2.98. The first-order valence-electron chi connectivity index (χ1n) is 7.19. The lowest BCUT2D eigenvalue weighted by Gasteiger charge is -2.26. The molecule has 23 heavy (non-hydrogen) atoms. The summed E-state index contributed by atoms with van der Waals surface area (Å²) in [6, 6.07) is 3.00. The maximum absolute atomic E-state index is 12.2. The number of halogens is 4. The van der Waals surface area contributed by atoms with Crippen LogP contribution in [0.15, 0.2) is 18.2 Å². The molecule has 0 saturated heterocycles.